The zero-order valence-electron chi connectivity index (χ0n) is 9.29. The molecular formula is C12H12IN3O. The summed E-state index contributed by atoms with van der Waals surface area (Å²) in [5.41, 5.74) is 1.45. The van der Waals surface area contributed by atoms with Crippen LogP contribution < -0.4 is 0 Å². The van der Waals surface area contributed by atoms with Crippen molar-refractivity contribution in [2.75, 3.05) is 4.93 Å². The van der Waals surface area contributed by atoms with Crippen molar-refractivity contribution in [3.05, 3.63) is 48.8 Å². The van der Waals surface area contributed by atoms with Crippen LogP contribution in [0.3, 0.4) is 0 Å². The number of nitrogens with zero attached hydrogens (tertiary/aromatic N) is 3. The van der Waals surface area contributed by atoms with E-state index < -0.39 is 0 Å². The SMILES string of the molecule is CI.Oc1ccc(N=Nc2ccncc2)cc1. The number of phenols is 1. The molecule has 2 rings (SSSR count). The van der Waals surface area contributed by atoms with E-state index in [9.17, 15) is 0 Å². The first kappa shape index (κ1) is 13.6. The van der Waals surface area contributed by atoms with Crippen LogP contribution in [0.15, 0.2) is 59.0 Å². The minimum Gasteiger partial charge on any atom is -0.508 e. The molecule has 0 spiro atoms. The molecule has 0 saturated carbocycles. The molecule has 0 atom stereocenters. The largest absolute Gasteiger partial charge is 0.508 e. The Morgan fingerprint density at radius 2 is 1.35 bits per heavy atom. The molecule has 17 heavy (non-hydrogen) atoms. The van der Waals surface area contributed by atoms with Crippen molar-refractivity contribution in [3.63, 3.8) is 0 Å². The third kappa shape index (κ3) is 4.90. The van der Waals surface area contributed by atoms with E-state index in [4.69, 9.17) is 5.11 Å². The normalized spacial score (nSPS) is 9.76. The average molecular weight is 341 g/mol. The Balaban J connectivity index is 0.000000686. The molecular weight excluding hydrogens is 329 g/mol. The molecule has 0 fully saturated rings. The van der Waals surface area contributed by atoms with Gasteiger partial charge < -0.3 is 5.11 Å². The fourth-order valence-electron chi connectivity index (χ4n) is 1.05. The van der Waals surface area contributed by atoms with E-state index >= 15 is 0 Å². The number of aromatic nitrogens is 1. The molecule has 0 amide bonds. The number of alkyl halides is 1. The van der Waals surface area contributed by atoms with Gasteiger partial charge in [0.1, 0.15) is 5.75 Å². The van der Waals surface area contributed by atoms with E-state index in [0.29, 0.717) is 5.69 Å². The molecule has 88 valence electrons. The van der Waals surface area contributed by atoms with Crippen LogP contribution in [0.5, 0.6) is 5.75 Å². The first-order chi connectivity index (χ1) is 8.34. The van der Waals surface area contributed by atoms with E-state index in [0.717, 1.165) is 5.69 Å². The molecule has 0 bridgehead atoms. The minimum absolute atomic E-state index is 0.220. The van der Waals surface area contributed by atoms with Gasteiger partial charge in [0.15, 0.2) is 0 Å². The molecule has 4 nitrogen and oxygen atoms in total. The Labute approximate surface area is 114 Å². The highest BCUT2D eigenvalue weighted by molar-refractivity contribution is 14.1. The van der Waals surface area contributed by atoms with Crippen LogP contribution >= 0.6 is 22.6 Å². The van der Waals surface area contributed by atoms with Crippen LogP contribution in [0.4, 0.5) is 11.4 Å². The average Bonchev–Trinajstić information content (AvgIpc) is 2.42. The van der Waals surface area contributed by atoms with Gasteiger partial charge in [-0.05, 0) is 41.3 Å². The van der Waals surface area contributed by atoms with Gasteiger partial charge in [0.25, 0.3) is 0 Å². The van der Waals surface area contributed by atoms with Crippen LogP contribution in [0.25, 0.3) is 0 Å². The summed E-state index contributed by atoms with van der Waals surface area (Å²) in [5, 5.41) is 17.1. The van der Waals surface area contributed by atoms with Crippen molar-refractivity contribution >= 4 is 34.0 Å². The molecule has 0 saturated heterocycles. The molecule has 0 unspecified atom stereocenters. The zero-order valence-corrected chi connectivity index (χ0v) is 11.4. The Morgan fingerprint density at radius 3 is 1.88 bits per heavy atom. The Kier molecular flexibility index (Phi) is 6.16. The molecule has 1 N–H and O–H groups in total. The summed E-state index contributed by atoms with van der Waals surface area (Å²) in [4.78, 5) is 5.85. The van der Waals surface area contributed by atoms with Crippen molar-refractivity contribution < 1.29 is 5.11 Å². The lowest BCUT2D eigenvalue weighted by Crippen LogP contribution is -1.67. The number of pyridine rings is 1. The van der Waals surface area contributed by atoms with Gasteiger partial charge in [-0.1, -0.05) is 22.6 Å². The van der Waals surface area contributed by atoms with E-state index in [1.165, 1.54) is 0 Å². The van der Waals surface area contributed by atoms with Gasteiger partial charge in [-0.25, -0.2) is 0 Å². The zero-order chi connectivity index (χ0) is 12.5. The third-order valence-corrected chi connectivity index (χ3v) is 1.79. The highest BCUT2D eigenvalue weighted by atomic mass is 127. The first-order valence-electron chi connectivity index (χ1n) is 4.83. The lowest BCUT2D eigenvalue weighted by atomic mass is 10.3. The molecule has 0 radical (unpaired) electrons. The summed E-state index contributed by atoms with van der Waals surface area (Å²) in [6, 6.07) is 10.1. The predicted molar refractivity (Wildman–Crippen MR) is 76.5 cm³/mol. The number of rotatable bonds is 2. The smallest absolute Gasteiger partial charge is 0.115 e. The summed E-state index contributed by atoms with van der Waals surface area (Å²) in [6.45, 7) is 0. The molecule has 1 aromatic heterocycles. The van der Waals surface area contributed by atoms with E-state index in [2.05, 4.69) is 37.8 Å². The fourth-order valence-corrected chi connectivity index (χ4v) is 1.05. The summed E-state index contributed by atoms with van der Waals surface area (Å²) < 4.78 is 0. The summed E-state index contributed by atoms with van der Waals surface area (Å²) in [5.74, 6) is 0.220. The topological polar surface area (TPSA) is 57.8 Å². The Morgan fingerprint density at radius 1 is 0.882 bits per heavy atom. The number of hydrogen-bond acceptors (Lipinski definition) is 4. The van der Waals surface area contributed by atoms with Gasteiger partial charge >= 0.3 is 0 Å². The quantitative estimate of drug-likeness (QED) is 0.504. The summed E-state index contributed by atoms with van der Waals surface area (Å²) in [6.07, 6.45) is 3.32. The van der Waals surface area contributed by atoms with E-state index in [1.807, 2.05) is 4.93 Å². The maximum absolute atomic E-state index is 9.06. The van der Waals surface area contributed by atoms with Crippen LogP contribution in [0.2, 0.25) is 0 Å². The number of benzene rings is 1. The maximum atomic E-state index is 9.06. The predicted octanol–water partition coefficient (Wildman–Crippen LogP) is 4.25. The second-order valence-corrected chi connectivity index (χ2v) is 2.92. The minimum atomic E-state index is 0.220. The second-order valence-electron chi connectivity index (χ2n) is 2.92. The highest BCUT2D eigenvalue weighted by Gasteiger charge is 1.90. The van der Waals surface area contributed by atoms with Crippen LogP contribution in [0.1, 0.15) is 0 Å². The number of azo groups is 1. The van der Waals surface area contributed by atoms with Crippen LogP contribution in [-0.4, -0.2) is 15.0 Å². The van der Waals surface area contributed by atoms with Crippen molar-refractivity contribution in [2.24, 2.45) is 10.2 Å². The van der Waals surface area contributed by atoms with Gasteiger partial charge in [0, 0.05) is 12.4 Å². The van der Waals surface area contributed by atoms with E-state index in [1.54, 1.807) is 48.8 Å². The molecule has 0 aliphatic heterocycles. The number of halogens is 1. The molecule has 1 heterocycles. The maximum Gasteiger partial charge on any atom is 0.115 e. The highest BCUT2D eigenvalue weighted by Crippen LogP contribution is 2.19. The summed E-state index contributed by atoms with van der Waals surface area (Å²) in [7, 11) is 0. The fraction of sp³-hybridized carbons (Fsp3) is 0.0833. The monoisotopic (exact) mass is 341 g/mol. The van der Waals surface area contributed by atoms with Crippen LogP contribution in [-0.2, 0) is 0 Å². The molecule has 2 aromatic rings. The lowest BCUT2D eigenvalue weighted by molar-refractivity contribution is 0.475. The molecule has 5 heteroatoms. The number of aromatic hydroxyl groups is 1. The van der Waals surface area contributed by atoms with Gasteiger partial charge in [-0.3, -0.25) is 4.98 Å². The molecule has 0 aliphatic rings. The number of phenolic OH excluding ortho intramolecular Hbond substituents is 1. The van der Waals surface area contributed by atoms with Crippen molar-refractivity contribution in [1.29, 1.82) is 0 Å². The molecule has 0 aliphatic carbocycles. The Bertz CT molecular complexity index is 457. The number of hydrogen-bond donors (Lipinski definition) is 1. The van der Waals surface area contributed by atoms with Crippen molar-refractivity contribution in [1.82, 2.24) is 4.98 Å². The Hall–Kier alpha value is -1.50. The first-order valence-corrected chi connectivity index (χ1v) is 6.99. The second kappa shape index (κ2) is 7.72. The summed E-state index contributed by atoms with van der Waals surface area (Å²) >= 11 is 2.15. The van der Waals surface area contributed by atoms with Gasteiger partial charge in [0.05, 0.1) is 11.4 Å². The van der Waals surface area contributed by atoms with E-state index in [-0.39, 0.29) is 5.75 Å². The van der Waals surface area contributed by atoms with Crippen LogP contribution in [0, 0.1) is 0 Å². The standard InChI is InChI=1S/C11H9N3O.CH3I/c15-11-3-1-9(2-4-11)13-14-10-5-7-12-8-6-10;1-2/h1-8,15H;1H3. The lowest BCUT2D eigenvalue weighted by Gasteiger charge is -1.93. The van der Waals surface area contributed by atoms with Gasteiger partial charge in [-0.2, -0.15) is 10.2 Å². The van der Waals surface area contributed by atoms with Crippen molar-refractivity contribution in [3.8, 4) is 5.75 Å². The van der Waals surface area contributed by atoms with Gasteiger partial charge in [0.2, 0.25) is 0 Å². The molecule has 1 aromatic carbocycles. The third-order valence-electron chi connectivity index (χ3n) is 1.79. The van der Waals surface area contributed by atoms with Crippen molar-refractivity contribution in [2.45, 2.75) is 0 Å². The van der Waals surface area contributed by atoms with Gasteiger partial charge in [-0.15, -0.1) is 0 Å².